The second-order valence-electron chi connectivity index (χ2n) is 5.45. The van der Waals surface area contributed by atoms with E-state index in [2.05, 4.69) is 22.6 Å². The Morgan fingerprint density at radius 1 is 1.30 bits per heavy atom. The van der Waals surface area contributed by atoms with Gasteiger partial charge in [-0.1, -0.05) is 0 Å². The summed E-state index contributed by atoms with van der Waals surface area (Å²) >= 11 is 2.91. The van der Waals surface area contributed by atoms with Crippen molar-refractivity contribution in [1.82, 2.24) is 4.90 Å². The first-order valence-electron chi connectivity index (χ1n) is 8.28. The molecule has 1 fully saturated rings. The summed E-state index contributed by atoms with van der Waals surface area (Å²) in [5.74, 6) is 0.0314. The van der Waals surface area contributed by atoms with Gasteiger partial charge in [0.1, 0.15) is 6.04 Å². The molecule has 2 amide bonds. The number of carbonyl (C=O) groups excluding carboxylic acids is 3. The lowest BCUT2D eigenvalue weighted by Crippen LogP contribution is -2.42. The van der Waals surface area contributed by atoms with Crippen LogP contribution in [-0.2, 0) is 14.3 Å². The summed E-state index contributed by atoms with van der Waals surface area (Å²) in [7, 11) is 1.56. The maximum absolute atomic E-state index is 12.6. The number of nitrogens with zero attached hydrogens (tertiary/aromatic N) is 1. The number of amides is 2. The SMILES string of the molecule is CCOC(=O)[C@H](C)N1C(=O)S/C(=C/c2cc(I)c(OC)c(OCC)c2)C1=O. The van der Waals surface area contributed by atoms with Gasteiger partial charge in [0.2, 0.25) is 0 Å². The number of thioether (sulfide) groups is 1. The molecule has 0 aromatic heterocycles. The van der Waals surface area contributed by atoms with Crippen LogP contribution in [0.15, 0.2) is 17.0 Å². The lowest BCUT2D eigenvalue weighted by atomic mass is 10.1. The molecular weight excluding hydrogens is 485 g/mol. The normalized spacial score (nSPS) is 16.6. The standard InChI is InChI=1S/C18H20INO6S/c1-5-25-13-8-11(7-12(19)15(13)24-4)9-14-16(21)20(18(23)27-14)10(3)17(22)26-6-2/h7-10H,5-6H2,1-4H3/b14-9+/t10-/m0/s1. The van der Waals surface area contributed by atoms with Crippen molar-refractivity contribution in [2.75, 3.05) is 20.3 Å². The molecule has 2 rings (SSSR count). The molecule has 0 spiro atoms. The number of imide groups is 1. The molecule has 1 saturated heterocycles. The summed E-state index contributed by atoms with van der Waals surface area (Å²) in [5.41, 5.74) is 0.693. The van der Waals surface area contributed by atoms with Crippen molar-refractivity contribution < 1.29 is 28.6 Å². The van der Waals surface area contributed by atoms with Crippen LogP contribution in [0.2, 0.25) is 0 Å². The fraction of sp³-hybridized carbons (Fsp3) is 0.389. The second-order valence-corrected chi connectivity index (χ2v) is 7.60. The molecule has 1 aliphatic rings. The minimum absolute atomic E-state index is 0.180. The fourth-order valence-electron chi connectivity index (χ4n) is 2.47. The third-order valence-electron chi connectivity index (χ3n) is 3.67. The Bertz CT molecular complexity index is 794. The molecule has 0 unspecified atom stereocenters. The Hall–Kier alpha value is -1.75. The van der Waals surface area contributed by atoms with Gasteiger partial charge in [0, 0.05) is 0 Å². The Balaban J connectivity index is 2.34. The highest BCUT2D eigenvalue weighted by Gasteiger charge is 2.41. The Morgan fingerprint density at radius 3 is 2.59 bits per heavy atom. The Labute approximate surface area is 175 Å². The van der Waals surface area contributed by atoms with Crippen LogP contribution < -0.4 is 9.47 Å². The van der Waals surface area contributed by atoms with E-state index in [9.17, 15) is 14.4 Å². The van der Waals surface area contributed by atoms with Crippen molar-refractivity contribution in [2.45, 2.75) is 26.8 Å². The molecule has 1 atom stereocenters. The fourth-order valence-corrected chi connectivity index (χ4v) is 4.22. The smallest absolute Gasteiger partial charge is 0.329 e. The van der Waals surface area contributed by atoms with Crippen molar-refractivity contribution in [1.29, 1.82) is 0 Å². The van der Waals surface area contributed by atoms with Gasteiger partial charge in [-0.15, -0.1) is 0 Å². The Kier molecular flexibility index (Phi) is 7.54. The molecular formula is C18H20INO6S. The van der Waals surface area contributed by atoms with E-state index in [4.69, 9.17) is 14.2 Å². The van der Waals surface area contributed by atoms with Gasteiger partial charge in [-0.05, 0) is 78.9 Å². The molecule has 1 aromatic carbocycles. The van der Waals surface area contributed by atoms with Gasteiger partial charge < -0.3 is 14.2 Å². The summed E-state index contributed by atoms with van der Waals surface area (Å²) in [6, 6.07) is 2.59. The summed E-state index contributed by atoms with van der Waals surface area (Å²) in [4.78, 5) is 37.9. The van der Waals surface area contributed by atoms with Crippen LogP contribution in [-0.4, -0.2) is 48.4 Å². The van der Waals surface area contributed by atoms with E-state index in [0.29, 0.717) is 23.7 Å². The third kappa shape index (κ3) is 4.75. The number of hydrogen-bond donors (Lipinski definition) is 0. The summed E-state index contributed by atoms with van der Waals surface area (Å²) in [6.45, 7) is 5.64. The van der Waals surface area contributed by atoms with E-state index >= 15 is 0 Å². The highest BCUT2D eigenvalue weighted by Crippen LogP contribution is 2.37. The van der Waals surface area contributed by atoms with Crippen LogP contribution in [0.3, 0.4) is 0 Å². The lowest BCUT2D eigenvalue weighted by Gasteiger charge is -2.19. The van der Waals surface area contributed by atoms with Gasteiger partial charge in [0.05, 0.1) is 28.8 Å². The molecule has 7 nitrogen and oxygen atoms in total. The van der Waals surface area contributed by atoms with Crippen LogP contribution in [0.25, 0.3) is 6.08 Å². The molecule has 1 aromatic rings. The topological polar surface area (TPSA) is 82.1 Å². The summed E-state index contributed by atoms with van der Waals surface area (Å²) in [5, 5.41) is -0.500. The molecule has 0 bridgehead atoms. The number of hydrogen-bond acceptors (Lipinski definition) is 7. The van der Waals surface area contributed by atoms with E-state index in [-0.39, 0.29) is 11.5 Å². The lowest BCUT2D eigenvalue weighted by molar-refractivity contribution is -0.150. The monoisotopic (exact) mass is 505 g/mol. The van der Waals surface area contributed by atoms with Gasteiger partial charge in [-0.2, -0.15) is 0 Å². The molecule has 1 heterocycles. The van der Waals surface area contributed by atoms with Crippen LogP contribution >= 0.6 is 34.4 Å². The van der Waals surface area contributed by atoms with Crippen LogP contribution in [0, 0.1) is 3.57 Å². The van der Waals surface area contributed by atoms with Gasteiger partial charge >= 0.3 is 5.97 Å². The number of carbonyl (C=O) groups is 3. The molecule has 1 aliphatic heterocycles. The van der Waals surface area contributed by atoms with Crippen molar-refractivity contribution in [2.24, 2.45) is 0 Å². The zero-order valence-corrected chi connectivity index (χ0v) is 18.4. The van der Waals surface area contributed by atoms with E-state index < -0.39 is 23.2 Å². The van der Waals surface area contributed by atoms with Crippen molar-refractivity contribution in [3.05, 3.63) is 26.2 Å². The van der Waals surface area contributed by atoms with Crippen molar-refractivity contribution >= 4 is 57.5 Å². The van der Waals surface area contributed by atoms with E-state index in [1.807, 2.05) is 13.0 Å². The molecule has 0 N–H and O–H groups in total. The number of rotatable bonds is 7. The number of methoxy groups -OCH3 is 1. The zero-order chi connectivity index (χ0) is 20.1. The van der Waals surface area contributed by atoms with Crippen molar-refractivity contribution in [3.8, 4) is 11.5 Å². The first-order valence-corrected chi connectivity index (χ1v) is 10.2. The van der Waals surface area contributed by atoms with Crippen LogP contribution in [0.1, 0.15) is 26.3 Å². The Morgan fingerprint density at radius 2 is 2.00 bits per heavy atom. The van der Waals surface area contributed by atoms with Gasteiger partial charge in [0.25, 0.3) is 11.1 Å². The third-order valence-corrected chi connectivity index (χ3v) is 5.36. The average Bonchev–Trinajstić information content (AvgIpc) is 2.88. The van der Waals surface area contributed by atoms with Gasteiger partial charge in [0.15, 0.2) is 11.5 Å². The predicted molar refractivity (Wildman–Crippen MR) is 111 cm³/mol. The highest BCUT2D eigenvalue weighted by atomic mass is 127. The maximum atomic E-state index is 12.6. The van der Waals surface area contributed by atoms with E-state index in [1.54, 1.807) is 26.2 Å². The van der Waals surface area contributed by atoms with Gasteiger partial charge in [-0.3, -0.25) is 14.5 Å². The molecule has 27 heavy (non-hydrogen) atoms. The molecule has 0 saturated carbocycles. The molecule has 9 heteroatoms. The molecule has 0 aliphatic carbocycles. The average molecular weight is 505 g/mol. The van der Waals surface area contributed by atoms with E-state index in [0.717, 1.165) is 20.2 Å². The number of esters is 1. The zero-order valence-electron chi connectivity index (χ0n) is 15.4. The first kappa shape index (κ1) is 21.5. The maximum Gasteiger partial charge on any atom is 0.329 e. The quantitative estimate of drug-likeness (QED) is 0.318. The van der Waals surface area contributed by atoms with Crippen LogP contribution in [0.4, 0.5) is 4.79 Å². The van der Waals surface area contributed by atoms with Gasteiger partial charge in [-0.25, -0.2) is 4.79 Å². The van der Waals surface area contributed by atoms with Crippen molar-refractivity contribution in [3.63, 3.8) is 0 Å². The summed E-state index contributed by atoms with van der Waals surface area (Å²) in [6.07, 6.45) is 1.60. The second kappa shape index (κ2) is 9.45. The number of ether oxygens (including phenoxy) is 3. The first-order chi connectivity index (χ1) is 12.8. The number of halogens is 1. The van der Waals surface area contributed by atoms with E-state index in [1.165, 1.54) is 6.92 Å². The summed E-state index contributed by atoms with van der Waals surface area (Å²) < 4.78 is 16.7. The molecule has 146 valence electrons. The molecule has 0 radical (unpaired) electrons. The number of benzene rings is 1. The highest BCUT2D eigenvalue weighted by molar-refractivity contribution is 14.1. The predicted octanol–water partition coefficient (Wildman–Crippen LogP) is 3.69. The minimum atomic E-state index is -0.974. The van der Waals surface area contributed by atoms with Crippen LogP contribution in [0.5, 0.6) is 11.5 Å². The largest absolute Gasteiger partial charge is 0.492 e. The minimum Gasteiger partial charge on any atom is -0.492 e.